The van der Waals surface area contributed by atoms with Gasteiger partial charge in [0.05, 0.1) is 22.2 Å². The van der Waals surface area contributed by atoms with Crippen molar-refractivity contribution in [1.29, 1.82) is 0 Å². The van der Waals surface area contributed by atoms with E-state index in [9.17, 15) is 4.21 Å². The monoisotopic (exact) mass is 922 g/mol. The molecule has 10 rings (SSSR count). The van der Waals surface area contributed by atoms with Gasteiger partial charge in [0.2, 0.25) is 23.0 Å². The molecule has 17 nitrogen and oxygen atoms in total. The highest BCUT2D eigenvalue weighted by molar-refractivity contribution is 7.84. The number of aromatic nitrogens is 12. The van der Waals surface area contributed by atoms with Crippen LogP contribution in [0.4, 0.5) is 29.5 Å². The van der Waals surface area contributed by atoms with E-state index < -0.39 is 10.8 Å². The molecule has 1 unspecified atom stereocenters. The topological polar surface area (TPSA) is 199 Å². The maximum atomic E-state index is 11.7. The van der Waals surface area contributed by atoms with Crippen molar-refractivity contribution in [2.75, 3.05) is 35.5 Å². The molecule has 0 aliphatic heterocycles. The molecular formula is C50H50N16OS. The lowest BCUT2D eigenvalue weighted by Gasteiger charge is -2.20. The number of nitrogens with two attached hydrogens (primary N) is 1. The van der Waals surface area contributed by atoms with Crippen LogP contribution < -0.4 is 20.9 Å². The second kappa shape index (κ2) is 21.8. The molecule has 68 heavy (non-hydrogen) atoms. The lowest BCUT2D eigenvalue weighted by atomic mass is 10.1. The fraction of sp³-hybridized carbons (Fsp3) is 0.160. The van der Waals surface area contributed by atoms with Gasteiger partial charge >= 0.3 is 0 Å². The number of anilines is 5. The Balaban J connectivity index is 0.000000158. The molecule has 0 bridgehead atoms. The highest BCUT2D eigenvalue weighted by Gasteiger charge is 2.18. The van der Waals surface area contributed by atoms with Gasteiger partial charge in [-0.05, 0) is 43.5 Å². The van der Waals surface area contributed by atoms with Gasteiger partial charge in [0.15, 0.2) is 11.3 Å². The molecule has 0 aliphatic rings. The van der Waals surface area contributed by atoms with Crippen molar-refractivity contribution in [2.24, 2.45) is 5.73 Å². The summed E-state index contributed by atoms with van der Waals surface area (Å²) in [6.07, 6.45) is 8.76. The Morgan fingerprint density at radius 1 is 0.603 bits per heavy atom. The van der Waals surface area contributed by atoms with Gasteiger partial charge in [-0.3, -0.25) is 14.0 Å². The Morgan fingerprint density at radius 3 is 1.56 bits per heavy atom. The third kappa shape index (κ3) is 11.4. The molecule has 6 aromatic heterocycles. The molecule has 0 saturated heterocycles. The first kappa shape index (κ1) is 46.2. The van der Waals surface area contributed by atoms with Gasteiger partial charge in [0.1, 0.15) is 24.3 Å². The molecule has 342 valence electrons. The third-order valence-corrected chi connectivity index (χ3v) is 11.2. The van der Waals surface area contributed by atoms with Gasteiger partial charge in [-0.15, -0.1) is 0 Å². The van der Waals surface area contributed by atoms with Crippen molar-refractivity contribution in [1.82, 2.24) is 59.1 Å². The summed E-state index contributed by atoms with van der Waals surface area (Å²) in [7, 11) is 2.47. The minimum absolute atomic E-state index is 0.159. The van der Waals surface area contributed by atoms with Crippen LogP contribution in [0.15, 0.2) is 176 Å². The first-order valence-corrected chi connectivity index (χ1v) is 23.3. The van der Waals surface area contributed by atoms with Crippen molar-refractivity contribution in [3.05, 3.63) is 182 Å². The largest absolute Gasteiger partial charge is 0.351 e. The quantitative estimate of drug-likeness (QED) is 0.111. The predicted octanol–water partition coefficient (Wildman–Crippen LogP) is 8.19. The zero-order valence-corrected chi connectivity index (χ0v) is 39.0. The maximum Gasteiger partial charge on any atom is 0.234 e. The van der Waals surface area contributed by atoms with Crippen LogP contribution in [0.2, 0.25) is 0 Å². The molecule has 0 radical (unpaired) electrons. The number of rotatable bonds is 12. The molecule has 6 heterocycles. The molecule has 3 N–H and O–H groups in total. The Bertz CT molecular complexity index is 3210. The number of hydrogen-bond donors (Lipinski definition) is 2. The van der Waals surface area contributed by atoms with Gasteiger partial charge in [-0.25, -0.2) is 34.9 Å². The SMILES string of the molecule is CN(c1ccnc(S(C)=O)n1)c1nc(-c2ccccc2)cc2ncnn12.C[C@@H](Cc1ccccc1)Nc1nccc(N(C)c2nc(-c3ccccc3)cc3ncnn23)n1.C[C@H](N)c1ccccc1. The molecule has 10 aromatic rings. The fourth-order valence-electron chi connectivity index (χ4n) is 7.04. The standard InChI is InChI=1S/C25H24N8.C17H15N7OS.C8H11N/c1-18(15-19-9-5-3-6-10-19)29-24-26-14-13-22(31-24)32(2)25-30-21(20-11-7-4-8-12-20)16-23-27-17-28-33(23)25;1-23(14-8-9-18-16(22-14)26(2)25)17-21-13(12-6-4-3-5-7-12)10-15-19-11-20-24(15)17;1-7(9)8-5-3-2-4-6-8/h3-14,16-18H,15H2,1-2H3,(H,26,29,31);3-11H,1-2H3;2-7H,9H2,1H3/t18-;;7-/m0.0/s1. The number of benzene rings is 4. The minimum atomic E-state index is -1.27. The van der Waals surface area contributed by atoms with Crippen LogP contribution >= 0.6 is 0 Å². The van der Waals surface area contributed by atoms with Crippen molar-refractivity contribution in [3.8, 4) is 22.5 Å². The molecule has 0 amide bonds. The summed E-state index contributed by atoms with van der Waals surface area (Å²) in [6.45, 7) is 4.10. The van der Waals surface area contributed by atoms with Gasteiger partial charge < -0.3 is 11.1 Å². The summed E-state index contributed by atoms with van der Waals surface area (Å²) in [5, 5.41) is 12.3. The Labute approximate surface area is 396 Å². The average Bonchev–Trinajstić information content (AvgIpc) is 4.07. The summed E-state index contributed by atoms with van der Waals surface area (Å²) in [5.74, 6) is 3.00. The molecule has 0 fully saturated rings. The Morgan fingerprint density at radius 2 is 1.07 bits per heavy atom. The molecule has 0 aliphatic carbocycles. The molecule has 4 aromatic carbocycles. The van der Waals surface area contributed by atoms with E-state index in [-0.39, 0.29) is 17.2 Å². The lowest BCUT2D eigenvalue weighted by Crippen LogP contribution is -2.22. The Kier molecular flexibility index (Phi) is 14.8. The summed E-state index contributed by atoms with van der Waals surface area (Å²) in [4.78, 5) is 39.5. The molecule has 0 saturated carbocycles. The van der Waals surface area contributed by atoms with E-state index in [0.717, 1.165) is 34.6 Å². The average molecular weight is 923 g/mol. The molecular weight excluding hydrogens is 873 g/mol. The smallest absolute Gasteiger partial charge is 0.234 e. The highest BCUT2D eigenvalue weighted by atomic mass is 32.2. The lowest BCUT2D eigenvalue weighted by molar-refractivity contribution is 0.679. The predicted molar refractivity (Wildman–Crippen MR) is 267 cm³/mol. The van der Waals surface area contributed by atoms with Crippen molar-refractivity contribution < 1.29 is 4.21 Å². The van der Waals surface area contributed by atoms with E-state index >= 15 is 0 Å². The third-order valence-electron chi connectivity index (χ3n) is 10.5. The zero-order chi connectivity index (χ0) is 47.4. The zero-order valence-electron chi connectivity index (χ0n) is 38.2. The van der Waals surface area contributed by atoms with Crippen LogP contribution in [0.5, 0.6) is 0 Å². The fourth-order valence-corrected chi connectivity index (χ4v) is 7.47. The Hall–Kier alpha value is -8.35. The molecule has 0 spiro atoms. The second-order valence-electron chi connectivity index (χ2n) is 15.6. The summed E-state index contributed by atoms with van der Waals surface area (Å²) >= 11 is 0. The summed E-state index contributed by atoms with van der Waals surface area (Å²) < 4.78 is 15.0. The number of fused-ring (bicyclic) bond motifs is 2. The van der Waals surface area contributed by atoms with Gasteiger partial charge in [0.25, 0.3) is 0 Å². The van der Waals surface area contributed by atoms with E-state index in [1.165, 1.54) is 23.8 Å². The van der Waals surface area contributed by atoms with Crippen molar-refractivity contribution in [3.63, 3.8) is 0 Å². The van der Waals surface area contributed by atoms with Crippen LogP contribution in [0.25, 0.3) is 33.8 Å². The van der Waals surface area contributed by atoms with Crippen LogP contribution in [0, 0.1) is 0 Å². The van der Waals surface area contributed by atoms with E-state index in [1.54, 1.807) is 38.6 Å². The number of nitrogens with zero attached hydrogens (tertiary/aromatic N) is 14. The minimum Gasteiger partial charge on any atom is -0.351 e. The summed E-state index contributed by atoms with van der Waals surface area (Å²) in [6, 6.07) is 48.0. The van der Waals surface area contributed by atoms with E-state index in [0.29, 0.717) is 35.1 Å². The van der Waals surface area contributed by atoms with Gasteiger partial charge in [-0.1, -0.05) is 121 Å². The van der Waals surface area contributed by atoms with E-state index in [2.05, 4.69) is 71.6 Å². The van der Waals surface area contributed by atoms with Crippen LogP contribution in [-0.4, -0.2) is 89.7 Å². The highest BCUT2D eigenvalue weighted by Crippen LogP contribution is 2.27. The van der Waals surface area contributed by atoms with Crippen LogP contribution in [0.1, 0.15) is 31.0 Å². The first-order valence-electron chi connectivity index (χ1n) is 21.7. The molecule has 18 heteroatoms. The second-order valence-corrected chi connectivity index (χ2v) is 16.9. The molecule has 3 atom stereocenters. The number of hydrogen-bond acceptors (Lipinski definition) is 15. The van der Waals surface area contributed by atoms with Crippen LogP contribution in [0.3, 0.4) is 0 Å². The van der Waals surface area contributed by atoms with Gasteiger partial charge in [-0.2, -0.15) is 24.2 Å². The first-order chi connectivity index (χ1) is 33.1. The maximum absolute atomic E-state index is 11.7. The van der Waals surface area contributed by atoms with Crippen molar-refractivity contribution >= 4 is 51.6 Å². The summed E-state index contributed by atoms with van der Waals surface area (Å²) in [5.41, 5.74) is 13.1. The van der Waals surface area contributed by atoms with Crippen LogP contribution in [-0.2, 0) is 17.2 Å². The van der Waals surface area contributed by atoms with Gasteiger partial charge in [0, 0.05) is 68.1 Å². The van der Waals surface area contributed by atoms with Crippen molar-refractivity contribution in [2.45, 2.75) is 37.5 Å². The van der Waals surface area contributed by atoms with E-state index in [4.69, 9.17) is 20.7 Å². The van der Waals surface area contributed by atoms with E-state index in [1.807, 2.05) is 141 Å². The normalized spacial score (nSPS) is 12.2. The number of nitrogens with one attached hydrogen (secondary N) is 1.